The Hall–Kier alpha value is -1.56. The summed E-state index contributed by atoms with van der Waals surface area (Å²) in [6.45, 7) is 4.63. The molecule has 1 atom stereocenters. The average molecular weight is 696 g/mol. The fraction of sp³-hybridized carbons (Fsp3) is 0.238. The van der Waals surface area contributed by atoms with Crippen LogP contribution in [0.25, 0.3) is 0 Å². The maximum absolute atomic E-state index is 13.0. The molecule has 0 spiro atoms. The van der Waals surface area contributed by atoms with Crippen LogP contribution >= 0.6 is 63.7 Å². The van der Waals surface area contributed by atoms with Gasteiger partial charge in [0.1, 0.15) is 6.04 Å². The van der Waals surface area contributed by atoms with Gasteiger partial charge in [0.2, 0.25) is 0 Å². The molecule has 0 radical (unpaired) electrons. The van der Waals surface area contributed by atoms with Gasteiger partial charge in [-0.05, 0) is 108 Å². The number of amides is 3. The average Bonchev–Trinajstić information content (AvgIpc) is 2.97. The number of anilines is 1. The van der Waals surface area contributed by atoms with E-state index < -0.39 is 36.3 Å². The quantitative estimate of drug-likeness (QED) is 0.193. The standard InChI is InChI=1S/C21H16Br4N2O5/c1-8-4-9(2)6-11(5-8)26-12(28)7-32-21(31)10(3)27-19(29)13-14(20(27)30)16(23)18(25)17(24)15(13)22/h4-6,10H,7H2,1-3H3,(H,26,28). The minimum absolute atomic E-state index is 0.129. The molecule has 3 amide bonds. The summed E-state index contributed by atoms with van der Waals surface area (Å²) in [4.78, 5) is 51.5. The van der Waals surface area contributed by atoms with Crippen LogP contribution in [-0.2, 0) is 14.3 Å². The van der Waals surface area contributed by atoms with Gasteiger partial charge in [-0.15, -0.1) is 0 Å². The maximum atomic E-state index is 13.0. The first-order chi connectivity index (χ1) is 14.9. The van der Waals surface area contributed by atoms with Crippen molar-refractivity contribution in [2.45, 2.75) is 26.8 Å². The molecule has 1 unspecified atom stereocenters. The van der Waals surface area contributed by atoms with Gasteiger partial charge in [-0.2, -0.15) is 0 Å². The van der Waals surface area contributed by atoms with Crippen molar-refractivity contribution in [2.75, 3.05) is 11.9 Å². The number of benzene rings is 2. The number of ether oxygens (including phenoxy) is 1. The summed E-state index contributed by atoms with van der Waals surface area (Å²) in [6.07, 6.45) is 0. The number of nitrogens with zero attached hydrogens (tertiary/aromatic N) is 1. The Kier molecular flexibility index (Phi) is 7.63. The van der Waals surface area contributed by atoms with Crippen LogP contribution in [0.3, 0.4) is 0 Å². The second-order valence-corrected chi connectivity index (χ2v) is 10.4. The van der Waals surface area contributed by atoms with Crippen LogP contribution in [-0.4, -0.2) is 41.2 Å². The van der Waals surface area contributed by atoms with E-state index in [2.05, 4.69) is 69.0 Å². The highest BCUT2D eigenvalue weighted by Gasteiger charge is 2.45. The van der Waals surface area contributed by atoms with E-state index in [-0.39, 0.29) is 11.1 Å². The predicted octanol–water partition coefficient (Wildman–Crippen LogP) is 5.52. The van der Waals surface area contributed by atoms with E-state index in [0.29, 0.717) is 23.6 Å². The van der Waals surface area contributed by atoms with Crippen molar-refractivity contribution in [3.05, 3.63) is 58.3 Å². The summed E-state index contributed by atoms with van der Waals surface area (Å²) in [5.74, 6) is -2.69. The zero-order valence-electron chi connectivity index (χ0n) is 17.0. The van der Waals surface area contributed by atoms with Crippen LogP contribution < -0.4 is 5.32 Å². The summed E-state index contributed by atoms with van der Waals surface area (Å²) in [6, 6.07) is 4.32. The normalized spacial score (nSPS) is 13.8. The van der Waals surface area contributed by atoms with Crippen molar-refractivity contribution in [3.63, 3.8) is 0 Å². The van der Waals surface area contributed by atoms with Crippen LogP contribution in [0.2, 0.25) is 0 Å². The molecule has 0 aliphatic carbocycles. The Morgan fingerprint density at radius 1 is 0.906 bits per heavy atom. The van der Waals surface area contributed by atoms with Crippen molar-refractivity contribution in [1.82, 2.24) is 4.90 Å². The summed E-state index contributed by atoms with van der Waals surface area (Å²) in [5.41, 5.74) is 2.80. The monoisotopic (exact) mass is 692 g/mol. The molecule has 11 heteroatoms. The molecule has 0 saturated carbocycles. The van der Waals surface area contributed by atoms with E-state index in [4.69, 9.17) is 4.74 Å². The third-order valence-electron chi connectivity index (χ3n) is 4.71. The number of imide groups is 1. The van der Waals surface area contributed by atoms with E-state index in [0.717, 1.165) is 16.0 Å². The smallest absolute Gasteiger partial charge is 0.329 e. The molecule has 0 saturated heterocycles. The molecule has 0 bridgehead atoms. The molecule has 0 fully saturated rings. The second kappa shape index (κ2) is 9.74. The van der Waals surface area contributed by atoms with Crippen LogP contribution in [0.5, 0.6) is 0 Å². The first-order valence-corrected chi connectivity index (χ1v) is 12.4. The molecule has 1 heterocycles. The van der Waals surface area contributed by atoms with Gasteiger partial charge in [-0.3, -0.25) is 19.3 Å². The third-order valence-corrected chi connectivity index (χ3v) is 9.48. The van der Waals surface area contributed by atoms with Crippen LogP contribution in [0, 0.1) is 13.8 Å². The van der Waals surface area contributed by atoms with Gasteiger partial charge in [-0.25, -0.2) is 4.79 Å². The molecule has 3 rings (SSSR count). The molecule has 1 N–H and O–H groups in total. The molecular formula is C21H16Br4N2O5. The Morgan fingerprint density at radius 2 is 1.38 bits per heavy atom. The Labute approximate surface area is 217 Å². The molecule has 7 nitrogen and oxygen atoms in total. The fourth-order valence-electron chi connectivity index (χ4n) is 3.32. The Bertz CT molecular complexity index is 1110. The fourth-order valence-corrected chi connectivity index (χ4v) is 5.78. The highest BCUT2D eigenvalue weighted by molar-refractivity contribution is 9.15. The lowest BCUT2D eigenvalue weighted by Crippen LogP contribution is -2.44. The van der Waals surface area contributed by atoms with E-state index in [9.17, 15) is 19.2 Å². The SMILES string of the molecule is Cc1cc(C)cc(NC(=O)COC(=O)C(C)N2C(=O)c3c(Br)c(Br)c(Br)c(Br)c3C2=O)c1. The number of carbonyl (C=O) groups is 4. The van der Waals surface area contributed by atoms with E-state index in [1.165, 1.54) is 6.92 Å². The molecule has 1 aliphatic heterocycles. The number of nitrogens with one attached hydrogen (secondary N) is 1. The number of fused-ring (bicyclic) bond motifs is 1. The van der Waals surface area contributed by atoms with Gasteiger partial charge in [0.25, 0.3) is 17.7 Å². The number of hydrogen-bond donors (Lipinski definition) is 1. The van der Waals surface area contributed by atoms with Crippen LogP contribution in [0.1, 0.15) is 38.8 Å². The lowest BCUT2D eigenvalue weighted by molar-refractivity contribution is -0.150. The molecule has 2 aromatic carbocycles. The van der Waals surface area contributed by atoms with Crippen LogP contribution in [0.15, 0.2) is 36.1 Å². The van der Waals surface area contributed by atoms with E-state index in [1.54, 1.807) is 12.1 Å². The van der Waals surface area contributed by atoms with Gasteiger partial charge in [0.15, 0.2) is 6.61 Å². The highest BCUT2D eigenvalue weighted by Crippen LogP contribution is 2.45. The number of rotatable bonds is 5. The largest absolute Gasteiger partial charge is 0.454 e. The van der Waals surface area contributed by atoms with Gasteiger partial charge >= 0.3 is 5.97 Å². The number of esters is 1. The van der Waals surface area contributed by atoms with Crippen molar-refractivity contribution >= 4 is 93.1 Å². The Balaban J connectivity index is 1.71. The number of hydrogen-bond acceptors (Lipinski definition) is 5. The lowest BCUT2D eigenvalue weighted by Gasteiger charge is -2.20. The molecule has 2 aromatic rings. The number of aryl methyl sites for hydroxylation is 2. The summed E-state index contributed by atoms with van der Waals surface area (Å²) in [5, 5.41) is 2.66. The second-order valence-electron chi connectivity index (χ2n) is 7.19. The van der Waals surface area contributed by atoms with Gasteiger partial charge in [-0.1, -0.05) is 6.07 Å². The number of carbonyl (C=O) groups excluding carboxylic acids is 4. The van der Waals surface area contributed by atoms with Crippen molar-refractivity contribution in [2.24, 2.45) is 0 Å². The Morgan fingerprint density at radius 3 is 1.84 bits per heavy atom. The van der Waals surface area contributed by atoms with E-state index >= 15 is 0 Å². The summed E-state index contributed by atoms with van der Waals surface area (Å²) in [7, 11) is 0. The summed E-state index contributed by atoms with van der Waals surface area (Å²) >= 11 is 13.3. The van der Waals surface area contributed by atoms with Gasteiger partial charge in [0, 0.05) is 23.6 Å². The topological polar surface area (TPSA) is 92.8 Å². The number of halogens is 4. The minimum atomic E-state index is -1.23. The third kappa shape index (κ3) is 4.71. The predicted molar refractivity (Wildman–Crippen MR) is 133 cm³/mol. The van der Waals surface area contributed by atoms with Gasteiger partial charge < -0.3 is 10.1 Å². The zero-order chi connectivity index (χ0) is 23.9. The molecule has 32 heavy (non-hydrogen) atoms. The van der Waals surface area contributed by atoms with Gasteiger partial charge in [0.05, 0.1) is 11.1 Å². The minimum Gasteiger partial charge on any atom is -0.454 e. The first kappa shape index (κ1) is 25.1. The summed E-state index contributed by atoms with van der Waals surface area (Å²) < 4.78 is 6.94. The molecule has 1 aliphatic rings. The maximum Gasteiger partial charge on any atom is 0.329 e. The van der Waals surface area contributed by atoms with Crippen molar-refractivity contribution < 1.29 is 23.9 Å². The molecule has 168 valence electrons. The molecular weight excluding hydrogens is 680 g/mol. The van der Waals surface area contributed by atoms with Crippen LogP contribution in [0.4, 0.5) is 5.69 Å². The van der Waals surface area contributed by atoms with Crippen molar-refractivity contribution in [1.29, 1.82) is 0 Å². The lowest BCUT2D eigenvalue weighted by atomic mass is 10.1. The molecule has 0 aromatic heterocycles. The zero-order valence-corrected chi connectivity index (χ0v) is 23.4. The van der Waals surface area contributed by atoms with Crippen molar-refractivity contribution in [3.8, 4) is 0 Å². The first-order valence-electron chi connectivity index (χ1n) is 9.22. The highest BCUT2D eigenvalue weighted by atomic mass is 79.9. The van der Waals surface area contributed by atoms with E-state index in [1.807, 2.05) is 19.9 Å².